The molecule has 2 N–H and O–H groups in total. The maximum absolute atomic E-state index is 11.4. The second-order valence-electron chi connectivity index (χ2n) is 4.14. The molecule has 0 saturated carbocycles. The second kappa shape index (κ2) is 8.47. The summed E-state index contributed by atoms with van der Waals surface area (Å²) in [5.74, 6) is 0. The van der Waals surface area contributed by atoms with Gasteiger partial charge < -0.3 is 15.5 Å². The van der Waals surface area contributed by atoms with Gasteiger partial charge in [0.15, 0.2) is 0 Å². The molecule has 1 rings (SSSR count). The Hall–Kier alpha value is -1.62. The van der Waals surface area contributed by atoms with E-state index in [-0.39, 0.29) is 6.03 Å². The van der Waals surface area contributed by atoms with Crippen LogP contribution in [-0.2, 0) is 6.54 Å². The number of amides is 2. The molecule has 1 aromatic rings. The van der Waals surface area contributed by atoms with Crippen LogP contribution in [0.15, 0.2) is 24.5 Å². The summed E-state index contributed by atoms with van der Waals surface area (Å²) >= 11 is 0. The van der Waals surface area contributed by atoms with Crippen LogP contribution in [-0.4, -0.2) is 42.6 Å². The average Bonchev–Trinajstić information content (AvgIpc) is 2.42. The predicted molar refractivity (Wildman–Crippen MR) is 72.3 cm³/mol. The molecular formula is C13H22N4O. The smallest absolute Gasteiger partial charge is 0.317 e. The molecule has 0 unspecified atom stereocenters. The van der Waals surface area contributed by atoms with Crippen molar-refractivity contribution in [1.82, 2.24) is 20.5 Å². The van der Waals surface area contributed by atoms with Crippen LogP contribution in [0.4, 0.5) is 4.79 Å². The van der Waals surface area contributed by atoms with Crippen molar-refractivity contribution in [2.45, 2.75) is 19.9 Å². The number of carbonyl (C=O) groups excluding carboxylic acids is 1. The lowest BCUT2D eigenvalue weighted by Crippen LogP contribution is -2.38. The first kappa shape index (κ1) is 14.4. The van der Waals surface area contributed by atoms with Crippen LogP contribution in [0.3, 0.4) is 0 Å². The first-order valence-electron chi connectivity index (χ1n) is 6.32. The number of pyridine rings is 1. The van der Waals surface area contributed by atoms with Gasteiger partial charge in [0.25, 0.3) is 0 Å². The van der Waals surface area contributed by atoms with Gasteiger partial charge in [0, 0.05) is 39.1 Å². The van der Waals surface area contributed by atoms with Gasteiger partial charge in [-0.25, -0.2) is 4.79 Å². The minimum atomic E-state index is -0.00948. The van der Waals surface area contributed by atoms with Crippen molar-refractivity contribution >= 4 is 6.03 Å². The molecule has 0 bridgehead atoms. The quantitative estimate of drug-likeness (QED) is 0.715. The van der Waals surface area contributed by atoms with Crippen LogP contribution >= 0.6 is 0 Å². The normalized spacial score (nSPS) is 10.1. The SMILES string of the molecule is CCN(C)C(=O)NCCCNCc1cccnc1. The standard InChI is InChI=1S/C13H22N4O/c1-3-17(2)13(18)16-9-5-8-15-11-12-6-4-7-14-10-12/h4,6-7,10,15H,3,5,8-9,11H2,1-2H3,(H,16,18). The van der Waals surface area contributed by atoms with E-state index in [9.17, 15) is 4.79 Å². The van der Waals surface area contributed by atoms with Gasteiger partial charge in [-0.05, 0) is 31.5 Å². The molecule has 0 atom stereocenters. The Labute approximate surface area is 109 Å². The lowest BCUT2D eigenvalue weighted by atomic mass is 10.3. The topological polar surface area (TPSA) is 57.3 Å². The number of carbonyl (C=O) groups is 1. The van der Waals surface area contributed by atoms with Gasteiger partial charge in [0.2, 0.25) is 0 Å². The number of aromatic nitrogens is 1. The van der Waals surface area contributed by atoms with Gasteiger partial charge in [-0.15, -0.1) is 0 Å². The molecule has 5 nitrogen and oxygen atoms in total. The highest BCUT2D eigenvalue weighted by Crippen LogP contribution is 1.93. The zero-order valence-electron chi connectivity index (χ0n) is 11.1. The molecule has 1 aromatic heterocycles. The lowest BCUT2D eigenvalue weighted by Gasteiger charge is -2.15. The fourth-order valence-corrected chi connectivity index (χ4v) is 1.42. The number of nitrogens with zero attached hydrogens (tertiary/aromatic N) is 2. The molecule has 100 valence electrons. The van der Waals surface area contributed by atoms with E-state index < -0.39 is 0 Å². The van der Waals surface area contributed by atoms with Crippen LogP contribution < -0.4 is 10.6 Å². The summed E-state index contributed by atoms with van der Waals surface area (Å²) in [5.41, 5.74) is 1.17. The summed E-state index contributed by atoms with van der Waals surface area (Å²) < 4.78 is 0. The maximum atomic E-state index is 11.4. The Balaban J connectivity index is 2.01. The van der Waals surface area contributed by atoms with E-state index in [0.717, 1.165) is 26.1 Å². The van der Waals surface area contributed by atoms with Gasteiger partial charge in [-0.2, -0.15) is 0 Å². The van der Waals surface area contributed by atoms with E-state index in [4.69, 9.17) is 0 Å². The van der Waals surface area contributed by atoms with Crippen LogP contribution in [0.25, 0.3) is 0 Å². The minimum absolute atomic E-state index is 0.00948. The highest BCUT2D eigenvalue weighted by Gasteiger charge is 2.03. The summed E-state index contributed by atoms with van der Waals surface area (Å²) in [5, 5.41) is 6.18. The van der Waals surface area contributed by atoms with Crippen molar-refractivity contribution in [3.63, 3.8) is 0 Å². The Morgan fingerprint density at radius 1 is 1.44 bits per heavy atom. The highest BCUT2D eigenvalue weighted by molar-refractivity contribution is 5.73. The largest absolute Gasteiger partial charge is 0.338 e. The first-order chi connectivity index (χ1) is 8.74. The second-order valence-corrected chi connectivity index (χ2v) is 4.14. The molecule has 0 fully saturated rings. The predicted octanol–water partition coefficient (Wildman–Crippen LogP) is 1.22. The number of rotatable bonds is 7. The molecule has 5 heteroatoms. The van der Waals surface area contributed by atoms with Gasteiger partial charge in [0.1, 0.15) is 0 Å². The molecule has 18 heavy (non-hydrogen) atoms. The van der Waals surface area contributed by atoms with E-state index in [1.807, 2.05) is 25.3 Å². The highest BCUT2D eigenvalue weighted by atomic mass is 16.2. The summed E-state index contributed by atoms with van der Waals surface area (Å²) in [6.07, 6.45) is 4.54. The third-order valence-electron chi connectivity index (χ3n) is 2.68. The molecule has 2 amide bonds. The summed E-state index contributed by atoms with van der Waals surface area (Å²) in [6.45, 7) is 5.07. The van der Waals surface area contributed by atoms with E-state index in [2.05, 4.69) is 15.6 Å². The van der Waals surface area contributed by atoms with Crippen molar-refractivity contribution in [2.75, 3.05) is 26.7 Å². The average molecular weight is 250 g/mol. The third kappa shape index (κ3) is 5.63. The van der Waals surface area contributed by atoms with Crippen molar-refractivity contribution in [3.05, 3.63) is 30.1 Å². The Kier molecular flexibility index (Phi) is 6.79. The number of hydrogen-bond donors (Lipinski definition) is 2. The van der Waals surface area contributed by atoms with Crippen LogP contribution in [0, 0.1) is 0 Å². The van der Waals surface area contributed by atoms with Gasteiger partial charge in [-0.3, -0.25) is 4.98 Å². The van der Waals surface area contributed by atoms with Crippen molar-refractivity contribution < 1.29 is 4.79 Å². The Bertz CT molecular complexity index is 342. The molecular weight excluding hydrogens is 228 g/mol. The molecule has 0 spiro atoms. The number of nitrogens with one attached hydrogen (secondary N) is 2. The van der Waals surface area contributed by atoms with Crippen molar-refractivity contribution in [2.24, 2.45) is 0 Å². The monoisotopic (exact) mass is 250 g/mol. The summed E-state index contributed by atoms with van der Waals surface area (Å²) in [6, 6.07) is 3.96. The fourth-order valence-electron chi connectivity index (χ4n) is 1.42. The zero-order valence-corrected chi connectivity index (χ0v) is 11.1. The maximum Gasteiger partial charge on any atom is 0.317 e. The van der Waals surface area contributed by atoms with Crippen LogP contribution in [0.2, 0.25) is 0 Å². The number of urea groups is 1. The van der Waals surface area contributed by atoms with E-state index in [0.29, 0.717) is 6.54 Å². The van der Waals surface area contributed by atoms with Gasteiger partial charge in [-0.1, -0.05) is 6.07 Å². The van der Waals surface area contributed by atoms with Crippen molar-refractivity contribution in [1.29, 1.82) is 0 Å². The van der Waals surface area contributed by atoms with Crippen molar-refractivity contribution in [3.8, 4) is 0 Å². The number of hydrogen-bond acceptors (Lipinski definition) is 3. The van der Waals surface area contributed by atoms with E-state index in [1.54, 1.807) is 18.1 Å². The van der Waals surface area contributed by atoms with E-state index >= 15 is 0 Å². The van der Waals surface area contributed by atoms with Gasteiger partial charge in [0.05, 0.1) is 0 Å². The minimum Gasteiger partial charge on any atom is -0.338 e. The first-order valence-corrected chi connectivity index (χ1v) is 6.32. The molecule has 1 heterocycles. The molecule has 0 aromatic carbocycles. The van der Waals surface area contributed by atoms with E-state index in [1.165, 1.54) is 5.56 Å². The summed E-state index contributed by atoms with van der Waals surface area (Å²) in [7, 11) is 1.79. The molecule has 0 aliphatic heterocycles. The zero-order chi connectivity index (χ0) is 13.2. The Morgan fingerprint density at radius 3 is 2.94 bits per heavy atom. The van der Waals surface area contributed by atoms with Gasteiger partial charge >= 0.3 is 6.03 Å². The molecule has 0 radical (unpaired) electrons. The van der Waals surface area contributed by atoms with Crippen LogP contribution in [0.1, 0.15) is 18.9 Å². The Morgan fingerprint density at radius 2 is 2.28 bits per heavy atom. The van der Waals surface area contributed by atoms with Crippen LogP contribution in [0.5, 0.6) is 0 Å². The lowest BCUT2D eigenvalue weighted by molar-refractivity contribution is 0.211. The summed E-state index contributed by atoms with van der Waals surface area (Å²) in [4.78, 5) is 17.1. The molecule has 0 aliphatic rings. The fraction of sp³-hybridized carbons (Fsp3) is 0.538. The molecule has 0 saturated heterocycles. The third-order valence-corrected chi connectivity index (χ3v) is 2.68. The molecule has 0 aliphatic carbocycles.